The van der Waals surface area contributed by atoms with Crippen LogP contribution in [0.5, 0.6) is 0 Å². The molecule has 1 aliphatic heterocycles. The summed E-state index contributed by atoms with van der Waals surface area (Å²) in [5.41, 5.74) is 6.64. The van der Waals surface area contributed by atoms with E-state index in [4.69, 9.17) is 5.73 Å². The van der Waals surface area contributed by atoms with Crippen molar-refractivity contribution < 1.29 is 4.79 Å². The molecule has 1 atom stereocenters. The highest BCUT2D eigenvalue weighted by Crippen LogP contribution is 2.20. The van der Waals surface area contributed by atoms with Crippen molar-refractivity contribution >= 4 is 21.8 Å². The Morgan fingerprint density at radius 3 is 3.05 bits per heavy atom. The van der Waals surface area contributed by atoms with E-state index in [9.17, 15) is 4.79 Å². The number of hydrogen-bond donors (Lipinski definition) is 1. The van der Waals surface area contributed by atoms with Gasteiger partial charge in [-0.3, -0.25) is 4.79 Å². The topological polar surface area (TPSA) is 46.3 Å². The van der Waals surface area contributed by atoms with Gasteiger partial charge in [0, 0.05) is 24.0 Å². The van der Waals surface area contributed by atoms with Crippen molar-refractivity contribution in [1.29, 1.82) is 0 Å². The van der Waals surface area contributed by atoms with Crippen molar-refractivity contribution in [2.45, 2.75) is 25.7 Å². The molecule has 0 spiro atoms. The minimum Gasteiger partial charge on any atom is -0.370 e. The molecule has 1 saturated heterocycles. The number of nitrogens with two attached hydrogens (primary N) is 1. The monoisotopic (exact) mass is 324 g/mol. The SMILES string of the molecule is NC(=O)C[C@H]1CCCN(CCc2cccc(Br)c2)C1. The van der Waals surface area contributed by atoms with E-state index < -0.39 is 0 Å². The Bertz CT molecular complexity index is 436. The molecule has 1 heterocycles. The average Bonchev–Trinajstić information content (AvgIpc) is 2.36. The third kappa shape index (κ3) is 4.96. The van der Waals surface area contributed by atoms with Gasteiger partial charge >= 0.3 is 0 Å². The summed E-state index contributed by atoms with van der Waals surface area (Å²) in [7, 11) is 0. The minimum absolute atomic E-state index is 0.168. The van der Waals surface area contributed by atoms with Crippen molar-refractivity contribution in [3.05, 3.63) is 34.3 Å². The maximum Gasteiger partial charge on any atom is 0.217 e. The predicted octanol–water partition coefficient (Wildman–Crippen LogP) is 2.58. The van der Waals surface area contributed by atoms with Crippen LogP contribution in [0.1, 0.15) is 24.8 Å². The first kappa shape index (κ1) is 14.5. The second-order valence-electron chi connectivity index (χ2n) is 5.36. The Hall–Kier alpha value is -0.870. The number of rotatable bonds is 5. The quantitative estimate of drug-likeness (QED) is 0.904. The molecule has 0 bridgehead atoms. The lowest BCUT2D eigenvalue weighted by molar-refractivity contribution is -0.119. The zero-order valence-electron chi connectivity index (χ0n) is 11.1. The van der Waals surface area contributed by atoms with Gasteiger partial charge in [0.15, 0.2) is 0 Å². The molecule has 104 valence electrons. The van der Waals surface area contributed by atoms with Crippen LogP contribution >= 0.6 is 15.9 Å². The van der Waals surface area contributed by atoms with Crippen LogP contribution in [0.2, 0.25) is 0 Å². The van der Waals surface area contributed by atoms with Crippen molar-refractivity contribution in [1.82, 2.24) is 4.90 Å². The molecule has 1 fully saturated rings. The van der Waals surface area contributed by atoms with Gasteiger partial charge in [-0.05, 0) is 49.4 Å². The number of benzene rings is 1. The van der Waals surface area contributed by atoms with Crippen LogP contribution in [-0.4, -0.2) is 30.4 Å². The van der Waals surface area contributed by atoms with Gasteiger partial charge in [0.25, 0.3) is 0 Å². The molecule has 1 amide bonds. The van der Waals surface area contributed by atoms with E-state index in [-0.39, 0.29) is 5.91 Å². The lowest BCUT2D eigenvalue weighted by atomic mass is 9.94. The Morgan fingerprint density at radius 1 is 1.47 bits per heavy atom. The van der Waals surface area contributed by atoms with Gasteiger partial charge in [0.1, 0.15) is 0 Å². The molecule has 2 rings (SSSR count). The molecule has 0 aromatic heterocycles. The minimum atomic E-state index is -0.168. The van der Waals surface area contributed by atoms with Gasteiger partial charge in [0.2, 0.25) is 5.91 Å². The molecule has 0 aliphatic carbocycles. The normalized spacial score (nSPS) is 20.4. The van der Waals surface area contributed by atoms with E-state index in [0.29, 0.717) is 12.3 Å². The second-order valence-corrected chi connectivity index (χ2v) is 6.27. The maximum absolute atomic E-state index is 11.0. The summed E-state index contributed by atoms with van der Waals surface area (Å²) < 4.78 is 1.13. The molecule has 19 heavy (non-hydrogen) atoms. The predicted molar refractivity (Wildman–Crippen MR) is 80.8 cm³/mol. The van der Waals surface area contributed by atoms with E-state index in [1.165, 1.54) is 12.0 Å². The van der Waals surface area contributed by atoms with E-state index >= 15 is 0 Å². The molecule has 0 radical (unpaired) electrons. The summed E-state index contributed by atoms with van der Waals surface area (Å²) in [5.74, 6) is 0.285. The fourth-order valence-electron chi connectivity index (χ4n) is 2.79. The first-order chi connectivity index (χ1) is 9.13. The zero-order chi connectivity index (χ0) is 13.7. The summed E-state index contributed by atoms with van der Waals surface area (Å²) in [6.45, 7) is 3.21. The molecule has 3 nitrogen and oxygen atoms in total. The summed E-state index contributed by atoms with van der Waals surface area (Å²) >= 11 is 3.50. The van der Waals surface area contributed by atoms with E-state index in [1.54, 1.807) is 0 Å². The average molecular weight is 325 g/mol. The fourth-order valence-corrected chi connectivity index (χ4v) is 3.23. The van der Waals surface area contributed by atoms with Crippen LogP contribution in [0.25, 0.3) is 0 Å². The number of hydrogen-bond acceptors (Lipinski definition) is 2. The van der Waals surface area contributed by atoms with Gasteiger partial charge in [0.05, 0.1) is 0 Å². The molecular weight excluding hydrogens is 304 g/mol. The van der Waals surface area contributed by atoms with E-state index in [1.807, 2.05) is 6.07 Å². The molecule has 0 unspecified atom stereocenters. The number of piperidine rings is 1. The van der Waals surface area contributed by atoms with Gasteiger partial charge in [-0.2, -0.15) is 0 Å². The van der Waals surface area contributed by atoms with Crippen LogP contribution in [0.4, 0.5) is 0 Å². The van der Waals surface area contributed by atoms with E-state index in [0.717, 1.165) is 36.9 Å². The Kier molecular flexibility index (Phi) is 5.40. The van der Waals surface area contributed by atoms with Crippen molar-refractivity contribution in [2.24, 2.45) is 11.7 Å². The van der Waals surface area contributed by atoms with Crippen LogP contribution in [-0.2, 0) is 11.2 Å². The molecule has 0 saturated carbocycles. The Balaban J connectivity index is 1.81. The lowest BCUT2D eigenvalue weighted by Crippen LogP contribution is -2.38. The summed E-state index contributed by atoms with van der Waals surface area (Å²) in [6, 6.07) is 8.46. The Labute approximate surface area is 123 Å². The molecule has 4 heteroatoms. The van der Waals surface area contributed by atoms with Crippen molar-refractivity contribution in [2.75, 3.05) is 19.6 Å². The summed E-state index contributed by atoms with van der Waals surface area (Å²) in [6.07, 6.45) is 3.91. The third-order valence-corrected chi connectivity index (χ3v) is 4.19. The largest absolute Gasteiger partial charge is 0.370 e. The summed E-state index contributed by atoms with van der Waals surface area (Å²) in [4.78, 5) is 13.4. The lowest BCUT2D eigenvalue weighted by Gasteiger charge is -2.32. The third-order valence-electron chi connectivity index (χ3n) is 3.70. The molecule has 1 aromatic rings. The number of primary amides is 1. The Morgan fingerprint density at radius 2 is 2.32 bits per heavy atom. The standard InChI is InChI=1S/C15H21BrN2O/c16-14-5-1-3-12(9-14)6-8-18-7-2-4-13(11-18)10-15(17)19/h1,3,5,9,13H,2,4,6-8,10-11H2,(H2,17,19)/t13-/m1/s1. The number of amides is 1. The number of halogens is 1. The van der Waals surface area contributed by atoms with Gasteiger partial charge in [-0.25, -0.2) is 0 Å². The van der Waals surface area contributed by atoms with Gasteiger partial charge < -0.3 is 10.6 Å². The van der Waals surface area contributed by atoms with Crippen LogP contribution in [0, 0.1) is 5.92 Å². The van der Waals surface area contributed by atoms with Gasteiger partial charge in [-0.1, -0.05) is 28.1 Å². The zero-order valence-corrected chi connectivity index (χ0v) is 12.7. The smallest absolute Gasteiger partial charge is 0.217 e. The first-order valence-electron chi connectivity index (χ1n) is 6.88. The van der Waals surface area contributed by atoms with Crippen LogP contribution < -0.4 is 5.73 Å². The number of carbonyl (C=O) groups excluding carboxylic acids is 1. The number of nitrogens with zero attached hydrogens (tertiary/aromatic N) is 1. The number of likely N-dealkylation sites (tertiary alicyclic amines) is 1. The summed E-state index contributed by atoms with van der Waals surface area (Å²) in [5, 5.41) is 0. The van der Waals surface area contributed by atoms with Gasteiger partial charge in [-0.15, -0.1) is 0 Å². The molecule has 1 aromatic carbocycles. The second kappa shape index (κ2) is 7.06. The fraction of sp³-hybridized carbons (Fsp3) is 0.533. The molecule has 1 aliphatic rings. The van der Waals surface area contributed by atoms with E-state index in [2.05, 4.69) is 39.0 Å². The van der Waals surface area contributed by atoms with Crippen molar-refractivity contribution in [3.63, 3.8) is 0 Å². The van der Waals surface area contributed by atoms with Crippen molar-refractivity contribution in [3.8, 4) is 0 Å². The molecular formula is C15H21BrN2O. The van der Waals surface area contributed by atoms with Crippen LogP contribution in [0.3, 0.4) is 0 Å². The highest BCUT2D eigenvalue weighted by Gasteiger charge is 2.20. The van der Waals surface area contributed by atoms with Crippen LogP contribution in [0.15, 0.2) is 28.7 Å². The highest BCUT2D eigenvalue weighted by atomic mass is 79.9. The molecule has 2 N–H and O–H groups in total. The maximum atomic E-state index is 11.0. The highest BCUT2D eigenvalue weighted by molar-refractivity contribution is 9.10. The number of carbonyl (C=O) groups is 1. The first-order valence-corrected chi connectivity index (χ1v) is 7.68.